The van der Waals surface area contributed by atoms with E-state index in [1.54, 1.807) is 24.7 Å². The third kappa shape index (κ3) is 7.90. The molecule has 2 heterocycles. The molecule has 11 nitrogen and oxygen atoms in total. The highest BCUT2D eigenvalue weighted by Crippen LogP contribution is 2.40. The van der Waals surface area contributed by atoms with Gasteiger partial charge in [0.1, 0.15) is 0 Å². The van der Waals surface area contributed by atoms with E-state index in [4.69, 9.17) is 4.74 Å². The number of urea groups is 1. The summed E-state index contributed by atoms with van der Waals surface area (Å²) in [7, 11) is 1.84. The molecule has 0 saturated carbocycles. The van der Waals surface area contributed by atoms with Crippen LogP contribution in [0.15, 0.2) is 85.6 Å². The molecule has 0 saturated heterocycles. The number of aromatic nitrogens is 3. The van der Waals surface area contributed by atoms with Crippen molar-refractivity contribution < 1.29 is 17.9 Å². The average Bonchev–Trinajstić information content (AvgIpc) is 3.51. The van der Waals surface area contributed by atoms with Crippen LogP contribution in [0.25, 0.3) is 10.8 Å². The summed E-state index contributed by atoms with van der Waals surface area (Å²) < 4.78 is 34.5. The molecule has 2 amide bonds. The van der Waals surface area contributed by atoms with Gasteiger partial charge in [0.25, 0.3) is 0 Å². The van der Waals surface area contributed by atoms with E-state index in [1.165, 1.54) is 7.11 Å². The molecular formula is C35H41N7O4S. The van der Waals surface area contributed by atoms with Crippen molar-refractivity contribution in [2.75, 3.05) is 42.8 Å². The van der Waals surface area contributed by atoms with Crippen molar-refractivity contribution in [2.45, 2.75) is 38.8 Å². The molecule has 2 aromatic heterocycles. The normalized spacial score (nSPS) is 12.6. The molecule has 12 heteroatoms. The number of sulfonamides is 1. The van der Waals surface area contributed by atoms with Crippen LogP contribution in [0.5, 0.6) is 5.75 Å². The van der Waals surface area contributed by atoms with Crippen molar-refractivity contribution in [2.24, 2.45) is 0 Å². The van der Waals surface area contributed by atoms with Crippen molar-refractivity contribution in [3.05, 3.63) is 108 Å². The molecule has 5 aromatic rings. The molecule has 0 spiro atoms. The minimum Gasteiger partial charge on any atom is -0.492 e. The topological polar surface area (TPSA) is 130 Å². The maximum atomic E-state index is 13.6. The Morgan fingerprint density at radius 1 is 0.957 bits per heavy atom. The van der Waals surface area contributed by atoms with Crippen LogP contribution in [0.2, 0.25) is 0 Å². The zero-order valence-corrected chi connectivity index (χ0v) is 28.5. The molecule has 0 aliphatic heterocycles. The van der Waals surface area contributed by atoms with E-state index in [0.717, 1.165) is 39.4 Å². The highest BCUT2D eigenvalue weighted by molar-refractivity contribution is 7.92. The molecule has 5 rings (SSSR count). The largest absolute Gasteiger partial charge is 0.492 e. The fourth-order valence-electron chi connectivity index (χ4n) is 5.61. The molecule has 246 valence electrons. The second kappa shape index (κ2) is 13.4. The van der Waals surface area contributed by atoms with E-state index in [0.29, 0.717) is 17.9 Å². The molecule has 0 radical (unpaired) electrons. The lowest BCUT2D eigenvalue weighted by atomic mass is 9.86. The maximum absolute atomic E-state index is 13.6. The Morgan fingerprint density at radius 3 is 2.30 bits per heavy atom. The number of carbonyl (C=O) groups is 1. The number of nitrogens with one attached hydrogen (secondary N) is 3. The van der Waals surface area contributed by atoms with Gasteiger partial charge < -0.3 is 24.8 Å². The van der Waals surface area contributed by atoms with E-state index >= 15 is 0 Å². The van der Waals surface area contributed by atoms with Gasteiger partial charge in [0.15, 0.2) is 5.75 Å². The molecular weight excluding hydrogens is 614 g/mol. The number of ether oxygens (including phenoxy) is 1. The van der Waals surface area contributed by atoms with Crippen molar-refractivity contribution in [1.29, 1.82) is 0 Å². The summed E-state index contributed by atoms with van der Waals surface area (Å²) in [6, 6.07) is 18.8. The van der Waals surface area contributed by atoms with Gasteiger partial charge in [-0.25, -0.2) is 18.2 Å². The molecule has 47 heavy (non-hydrogen) atoms. The lowest BCUT2D eigenvalue weighted by molar-refractivity contribution is 0.262. The van der Waals surface area contributed by atoms with Gasteiger partial charge in [-0.05, 0) is 71.9 Å². The van der Waals surface area contributed by atoms with Gasteiger partial charge in [-0.1, -0.05) is 51.1 Å². The van der Waals surface area contributed by atoms with E-state index in [-0.39, 0.29) is 22.9 Å². The van der Waals surface area contributed by atoms with E-state index in [1.807, 2.05) is 89.7 Å². The summed E-state index contributed by atoms with van der Waals surface area (Å²) in [5.74, 6) is 0.202. The zero-order valence-electron chi connectivity index (χ0n) is 27.7. The van der Waals surface area contributed by atoms with Gasteiger partial charge in [0.05, 0.1) is 48.5 Å². The Kier molecular flexibility index (Phi) is 9.55. The summed E-state index contributed by atoms with van der Waals surface area (Å²) in [4.78, 5) is 24.5. The number of amides is 2. The third-order valence-corrected chi connectivity index (χ3v) is 8.25. The fourth-order valence-corrected chi connectivity index (χ4v) is 6.16. The lowest BCUT2D eigenvalue weighted by Crippen LogP contribution is -2.22. The van der Waals surface area contributed by atoms with Crippen LogP contribution in [0.3, 0.4) is 0 Å². The average molecular weight is 656 g/mol. The number of rotatable bonds is 10. The summed E-state index contributed by atoms with van der Waals surface area (Å²) in [6.45, 7) is 6.71. The number of methoxy groups -OCH3 is 1. The van der Waals surface area contributed by atoms with Crippen LogP contribution < -0.4 is 20.1 Å². The number of nitrogens with zero attached hydrogens (tertiary/aromatic N) is 4. The maximum Gasteiger partial charge on any atom is 0.323 e. The van der Waals surface area contributed by atoms with Crippen LogP contribution in [-0.4, -0.2) is 61.3 Å². The molecule has 3 N–H and O–H groups in total. The number of anilines is 3. The second-order valence-corrected chi connectivity index (χ2v) is 14.5. The minimum atomic E-state index is -3.62. The molecule has 3 aromatic carbocycles. The van der Waals surface area contributed by atoms with Crippen molar-refractivity contribution in [3.63, 3.8) is 0 Å². The standard InChI is InChI=1S/C35H41N7O4S/c1-35(2,3)24-19-30(33(46-6)31(20-24)40-47(7,44)45)39-34(43)38-29-13-12-28(26-10-8-9-11-27(26)29)32(42-17-16-36-22-42)23-14-15-37-25(18-23)21-41(4)5/h8-20,22,32,40H,21H2,1-7H3,(H2,38,39,43). The smallest absolute Gasteiger partial charge is 0.323 e. The highest BCUT2D eigenvalue weighted by Gasteiger charge is 2.24. The Bertz CT molecular complexity index is 2000. The lowest BCUT2D eigenvalue weighted by Gasteiger charge is -2.24. The second-order valence-electron chi connectivity index (χ2n) is 12.8. The third-order valence-electron chi connectivity index (χ3n) is 7.66. The predicted octanol–water partition coefficient (Wildman–Crippen LogP) is 6.45. The number of imidazole rings is 1. The Labute approximate surface area is 276 Å². The van der Waals surface area contributed by atoms with Gasteiger partial charge >= 0.3 is 6.03 Å². The van der Waals surface area contributed by atoms with E-state index in [9.17, 15) is 13.2 Å². The molecule has 1 unspecified atom stereocenters. The van der Waals surface area contributed by atoms with Crippen LogP contribution >= 0.6 is 0 Å². The quantitative estimate of drug-likeness (QED) is 0.158. The first kappa shape index (κ1) is 33.4. The highest BCUT2D eigenvalue weighted by atomic mass is 32.2. The summed E-state index contributed by atoms with van der Waals surface area (Å²) in [5.41, 5.74) is 4.69. The number of hydrogen-bond donors (Lipinski definition) is 3. The predicted molar refractivity (Wildman–Crippen MR) is 188 cm³/mol. The van der Waals surface area contributed by atoms with E-state index < -0.39 is 16.1 Å². The summed E-state index contributed by atoms with van der Waals surface area (Å²) in [6.07, 6.45) is 8.41. The molecule has 0 aliphatic rings. The zero-order chi connectivity index (χ0) is 33.9. The van der Waals surface area contributed by atoms with Crippen molar-refractivity contribution in [3.8, 4) is 5.75 Å². The van der Waals surface area contributed by atoms with Crippen LogP contribution in [0.4, 0.5) is 21.9 Å². The monoisotopic (exact) mass is 655 g/mol. The SMILES string of the molecule is COc1c(NC(=O)Nc2ccc(C(c3ccnc(CN(C)C)c3)n3ccnc3)c3ccccc23)cc(C(C)(C)C)cc1NS(C)(=O)=O. The minimum absolute atomic E-state index is 0.195. The van der Waals surface area contributed by atoms with Gasteiger partial charge in [-0.2, -0.15) is 0 Å². The van der Waals surface area contributed by atoms with Crippen LogP contribution in [0, 0.1) is 0 Å². The Morgan fingerprint density at radius 2 is 1.66 bits per heavy atom. The molecule has 1 atom stereocenters. The number of carbonyl (C=O) groups excluding carboxylic acids is 1. The first-order chi connectivity index (χ1) is 22.2. The number of pyridine rings is 1. The molecule has 0 bridgehead atoms. The Hall–Kier alpha value is -4.94. The van der Waals surface area contributed by atoms with Crippen LogP contribution in [0.1, 0.15) is 49.2 Å². The van der Waals surface area contributed by atoms with Gasteiger partial charge in [-0.15, -0.1) is 0 Å². The first-order valence-electron chi connectivity index (χ1n) is 15.1. The van der Waals surface area contributed by atoms with Crippen LogP contribution in [-0.2, 0) is 22.0 Å². The Balaban J connectivity index is 1.53. The summed E-state index contributed by atoms with van der Waals surface area (Å²) >= 11 is 0. The number of hydrogen-bond acceptors (Lipinski definition) is 7. The van der Waals surface area contributed by atoms with Gasteiger partial charge in [0.2, 0.25) is 10.0 Å². The molecule has 0 fully saturated rings. The summed E-state index contributed by atoms with van der Waals surface area (Å²) in [5, 5.41) is 7.70. The van der Waals surface area contributed by atoms with Crippen molar-refractivity contribution in [1.82, 2.24) is 19.4 Å². The number of fused-ring (bicyclic) bond motifs is 1. The van der Waals surface area contributed by atoms with Gasteiger partial charge in [0, 0.05) is 30.5 Å². The van der Waals surface area contributed by atoms with E-state index in [2.05, 4.69) is 40.9 Å². The first-order valence-corrected chi connectivity index (χ1v) is 17.0. The van der Waals surface area contributed by atoms with Crippen molar-refractivity contribution >= 4 is 43.9 Å². The van der Waals surface area contributed by atoms with Gasteiger partial charge in [-0.3, -0.25) is 9.71 Å². The number of benzene rings is 3. The molecule has 0 aliphatic carbocycles. The fraction of sp³-hybridized carbons (Fsp3) is 0.286.